The lowest BCUT2D eigenvalue weighted by Crippen LogP contribution is -2.15. The van der Waals surface area contributed by atoms with Crippen LogP contribution in [0.25, 0.3) is 10.7 Å². The van der Waals surface area contributed by atoms with E-state index < -0.39 is 0 Å². The Hall–Kier alpha value is -0.450. The summed E-state index contributed by atoms with van der Waals surface area (Å²) in [5.74, 6) is 0.711. The van der Waals surface area contributed by atoms with Crippen molar-refractivity contribution in [3.8, 4) is 10.7 Å². The number of thiophene rings is 1. The van der Waals surface area contributed by atoms with Crippen LogP contribution in [0.3, 0.4) is 0 Å². The van der Waals surface area contributed by atoms with Gasteiger partial charge in [-0.1, -0.05) is 39.3 Å². The van der Waals surface area contributed by atoms with Crippen molar-refractivity contribution < 1.29 is 0 Å². The molecular formula is C14H16BrClN2S. The zero-order valence-electron chi connectivity index (χ0n) is 11.4. The Morgan fingerprint density at radius 3 is 2.47 bits per heavy atom. The molecule has 2 nitrogen and oxygen atoms in total. The first kappa shape index (κ1) is 14.9. The normalized spacial score (nSPS) is 11.9. The molecule has 0 bridgehead atoms. The van der Waals surface area contributed by atoms with Gasteiger partial charge in [0.2, 0.25) is 0 Å². The third-order valence-corrected chi connectivity index (χ3v) is 5.23. The van der Waals surface area contributed by atoms with Crippen LogP contribution in [0.1, 0.15) is 38.3 Å². The number of halogens is 2. The van der Waals surface area contributed by atoms with Crippen LogP contribution in [-0.2, 0) is 11.8 Å². The molecule has 0 saturated heterocycles. The average Bonchev–Trinajstić information content (AvgIpc) is 2.79. The Bertz CT molecular complexity index is 602. The second kappa shape index (κ2) is 5.51. The van der Waals surface area contributed by atoms with E-state index in [1.807, 2.05) is 0 Å². The Kier molecular flexibility index (Phi) is 4.33. The van der Waals surface area contributed by atoms with Crippen molar-refractivity contribution in [3.63, 3.8) is 0 Å². The van der Waals surface area contributed by atoms with E-state index in [4.69, 9.17) is 16.6 Å². The fourth-order valence-corrected chi connectivity index (χ4v) is 3.54. The first-order valence-corrected chi connectivity index (χ1v) is 8.14. The minimum absolute atomic E-state index is 0.0784. The highest BCUT2D eigenvalue weighted by atomic mass is 79.9. The summed E-state index contributed by atoms with van der Waals surface area (Å²) in [6, 6.07) is 4.19. The lowest BCUT2D eigenvalue weighted by atomic mass is 9.92. The Morgan fingerprint density at radius 1 is 1.26 bits per heavy atom. The summed E-state index contributed by atoms with van der Waals surface area (Å²) < 4.78 is 0.790. The minimum Gasteiger partial charge on any atom is -0.231 e. The maximum atomic E-state index is 6.22. The van der Waals surface area contributed by atoms with E-state index in [-0.39, 0.29) is 5.41 Å². The fraction of sp³-hybridized carbons (Fsp3) is 0.429. The van der Waals surface area contributed by atoms with Crippen LogP contribution in [0.5, 0.6) is 0 Å². The quantitative estimate of drug-likeness (QED) is 0.663. The third kappa shape index (κ3) is 3.18. The van der Waals surface area contributed by atoms with E-state index in [1.165, 1.54) is 4.88 Å². The molecule has 0 aliphatic heterocycles. The zero-order valence-corrected chi connectivity index (χ0v) is 14.6. The van der Waals surface area contributed by atoms with Gasteiger partial charge in [0, 0.05) is 10.3 Å². The molecule has 0 N–H and O–H groups in total. The molecule has 0 radical (unpaired) electrons. The predicted octanol–water partition coefficient (Wildman–Crippen LogP) is 5.48. The van der Waals surface area contributed by atoms with Crippen molar-refractivity contribution in [3.05, 3.63) is 32.3 Å². The van der Waals surface area contributed by atoms with Gasteiger partial charge in [0.05, 0.1) is 15.0 Å². The van der Waals surface area contributed by atoms with Gasteiger partial charge >= 0.3 is 0 Å². The topological polar surface area (TPSA) is 25.8 Å². The van der Waals surface area contributed by atoms with Crippen molar-refractivity contribution in [1.82, 2.24) is 9.97 Å². The highest BCUT2D eigenvalue weighted by molar-refractivity contribution is 9.10. The van der Waals surface area contributed by atoms with Gasteiger partial charge < -0.3 is 0 Å². The molecule has 0 unspecified atom stereocenters. The molecule has 0 aliphatic carbocycles. The van der Waals surface area contributed by atoms with Crippen LogP contribution >= 0.6 is 38.9 Å². The zero-order chi connectivity index (χ0) is 14.2. The molecule has 5 heteroatoms. The summed E-state index contributed by atoms with van der Waals surface area (Å²) in [7, 11) is 0. The van der Waals surface area contributed by atoms with Crippen LogP contribution in [-0.4, -0.2) is 9.97 Å². The number of nitrogens with zero attached hydrogens (tertiary/aromatic N) is 2. The Balaban J connectivity index is 2.56. The van der Waals surface area contributed by atoms with Crippen LogP contribution in [0.2, 0.25) is 5.15 Å². The minimum atomic E-state index is -0.0784. The average molecular weight is 360 g/mol. The van der Waals surface area contributed by atoms with E-state index in [0.717, 1.165) is 21.5 Å². The van der Waals surface area contributed by atoms with Gasteiger partial charge in [-0.05, 0) is 34.5 Å². The monoisotopic (exact) mass is 358 g/mol. The molecule has 0 amide bonds. The van der Waals surface area contributed by atoms with Gasteiger partial charge in [-0.25, -0.2) is 9.97 Å². The van der Waals surface area contributed by atoms with Gasteiger partial charge in [0.1, 0.15) is 5.15 Å². The maximum Gasteiger partial charge on any atom is 0.171 e. The Labute approximate surface area is 131 Å². The lowest BCUT2D eigenvalue weighted by molar-refractivity contribution is 0.564. The van der Waals surface area contributed by atoms with Gasteiger partial charge in [-0.15, -0.1) is 11.3 Å². The molecule has 0 aromatic carbocycles. The van der Waals surface area contributed by atoms with E-state index >= 15 is 0 Å². The molecular weight excluding hydrogens is 344 g/mol. The fourth-order valence-electron chi connectivity index (χ4n) is 1.71. The smallest absolute Gasteiger partial charge is 0.171 e. The summed E-state index contributed by atoms with van der Waals surface area (Å²) >= 11 is 11.4. The molecule has 0 aliphatic rings. The first-order chi connectivity index (χ1) is 8.82. The second-order valence-electron chi connectivity index (χ2n) is 5.37. The molecule has 2 aromatic heterocycles. The summed E-state index contributed by atoms with van der Waals surface area (Å²) in [5.41, 5.74) is 0.860. The molecule has 2 aromatic rings. The van der Waals surface area contributed by atoms with Crippen molar-refractivity contribution in [1.29, 1.82) is 0 Å². The summed E-state index contributed by atoms with van der Waals surface area (Å²) in [6.45, 7) is 8.50. The maximum absolute atomic E-state index is 6.22. The molecule has 0 atom stereocenters. The number of hydrogen-bond donors (Lipinski definition) is 0. The van der Waals surface area contributed by atoms with Crippen molar-refractivity contribution >= 4 is 38.9 Å². The van der Waals surface area contributed by atoms with Crippen molar-refractivity contribution in [2.75, 3.05) is 0 Å². The third-order valence-electron chi connectivity index (χ3n) is 2.75. The van der Waals surface area contributed by atoms with Crippen LogP contribution in [0, 0.1) is 0 Å². The molecule has 19 heavy (non-hydrogen) atoms. The molecule has 0 saturated carbocycles. The molecule has 0 fully saturated rings. The van der Waals surface area contributed by atoms with E-state index in [9.17, 15) is 0 Å². The lowest BCUT2D eigenvalue weighted by Gasteiger charge is -2.20. The second-order valence-corrected chi connectivity index (χ2v) is 7.69. The highest BCUT2D eigenvalue weighted by Gasteiger charge is 2.23. The van der Waals surface area contributed by atoms with Crippen molar-refractivity contribution in [2.45, 2.75) is 39.5 Å². The van der Waals surface area contributed by atoms with Gasteiger partial charge in [-0.2, -0.15) is 0 Å². The number of aryl methyl sites for hydroxylation is 1. The molecule has 2 heterocycles. The first-order valence-electron chi connectivity index (χ1n) is 6.15. The molecule has 0 spiro atoms. The van der Waals surface area contributed by atoms with E-state index in [1.54, 1.807) is 11.3 Å². The largest absolute Gasteiger partial charge is 0.231 e. The van der Waals surface area contributed by atoms with Gasteiger partial charge in [0.25, 0.3) is 0 Å². The highest BCUT2D eigenvalue weighted by Crippen LogP contribution is 2.35. The summed E-state index contributed by atoms with van der Waals surface area (Å²) in [5, 5.41) is 0.473. The standard InChI is InChI=1S/C14H16BrClN2S/c1-5-8-6-7-9(19-8)13-17-11(14(2,3)4)10(15)12(16)18-13/h6-7H,5H2,1-4H3. The summed E-state index contributed by atoms with van der Waals surface area (Å²) in [4.78, 5) is 11.5. The van der Waals surface area contributed by atoms with Gasteiger partial charge in [0.15, 0.2) is 5.82 Å². The molecule has 102 valence electrons. The molecule has 2 rings (SSSR count). The SMILES string of the molecule is CCc1ccc(-c2nc(Cl)c(Br)c(C(C)(C)C)n2)s1. The predicted molar refractivity (Wildman–Crippen MR) is 86.1 cm³/mol. The van der Waals surface area contributed by atoms with Crippen LogP contribution in [0.4, 0.5) is 0 Å². The van der Waals surface area contributed by atoms with Crippen LogP contribution in [0.15, 0.2) is 16.6 Å². The van der Waals surface area contributed by atoms with E-state index in [0.29, 0.717) is 11.0 Å². The number of hydrogen-bond acceptors (Lipinski definition) is 3. The van der Waals surface area contributed by atoms with E-state index in [2.05, 4.69) is 60.7 Å². The van der Waals surface area contributed by atoms with Crippen molar-refractivity contribution in [2.24, 2.45) is 0 Å². The number of rotatable bonds is 2. The van der Waals surface area contributed by atoms with Gasteiger partial charge in [-0.3, -0.25) is 0 Å². The summed E-state index contributed by atoms with van der Waals surface area (Å²) in [6.07, 6.45) is 1.03. The Morgan fingerprint density at radius 2 is 1.95 bits per heavy atom. The van der Waals surface area contributed by atoms with Crippen LogP contribution < -0.4 is 0 Å². The number of aromatic nitrogens is 2.